The van der Waals surface area contributed by atoms with Crippen LogP contribution in [0.2, 0.25) is 0 Å². The van der Waals surface area contributed by atoms with E-state index in [1.54, 1.807) is 11.3 Å². The SMILES string of the molecule is Cc1ccc(-c2nc(Cc3nc(C4CNCCN4C)no3)cs2)cc1.Cl. The fourth-order valence-electron chi connectivity index (χ4n) is 2.94. The summed E-state index contributed by atoms with van der Waals surface area (Å²) in [6.45, 7) is 4.92. The van der Waals surface area contributed by atoms with Gasteiger partial charge in [-0.25, -0.2) is 4.98 Å². The summed E-state index contributed by atoms with van der Waals surface area (Å²) >= 11 is 1.64. The van der Waals surface area contributed by atoms with Gasteiger partial charge < -0.3 is 9.84 Å². The van der Waals surface area contributed by atoms with Crippen LogP contribution in [0.15, 0.2) is 34.2 Å². The first kappa shape index (κ1) is 19.0. The van der Waals surface area contributed by atoms with Gasteiger partial charge in [0.2, 0.25) is 5.89 Å². The van der Waals surface area contributed by atoms with Gasteiger partial charge in [0, 0.05) is 30.6 Å². The van der Waals surface area contributed by atoms with Crippen molar-refractivity contribution in [1.82, 2.24) is 25.3 Å². The van der Waals surface area contributed by atoms with E-state index in [-0.39, 0.29) is 18.4 Å². The second-order valence-corrected chi connectivity index (χ2v) is 7.29. The first-order valence-electron chi connectivity index (χ1n) is 8.44. The standard InChI is InChI=1S/C18H21N5OS.ClH/c1-12-3-5-13(6-4-12)18-20-14(11-25-18)9-16-21-17(22-24-16)15-10-19-7-8-23(15)2;/h3-6,11,15,19H,7-10H2,1-2H3;1H. The van der Waals surface area contributed by atoms with Gasteiger partial charge in [-0.05, 0) is 14.0 Å². The first-order valence-corrected chi connectivity index (χ1v) is 9.32. The number of nitrogens with one attached hydrogen (secondary N) is 1. The molecule has 3 aromatic rings. The lowest BCUT2D eigenvalue weighted by Gasteiger charge is -2.30. The maximum absolute atomic E-state index is 5.45. The maximum Gasteiger partial charge on any atom is 0.232 e. The van der Waals surface area contributed by atoms with E-state index in [4.69, 9.17) is 9.51 Å². The van der Waals surface area contributed by atoms with Crippen LogP contribution in [-0.2, 0) is 6.42 Å². The smallest absolute Gasteiger partial charge is 0.232 e. The third kappa shape index (κ3) is 4.12. The molecule has 1 atom stereocenters. The number of rotatable bonds is 4. The van der Waals surface area contributed by atoms with E-state index in [2.05, 4.69) is 64.0 Å². The molecule has 2 aromatic heterocycles. The Kier molecular flexibility index (Phi) is 6.03. The average Bonchev–Trinajstić information content (AvgIpc) is 3.26. The Morgan fingerprint density at radius 1 is 1.27 bits per heavy atom. The molecule has 0 radical (unpaired) electrons. The topological polar surface area (TPSA) is 67.1 Å². The number of hydrogen-bond donors (Lipinski definition) is 1. The minimum atomic E-state index is 0. The van der Waals surface area contributed by atoms with E-state index in [1.807, 2.05) is 0 Å². The second kappa shape index (κ2) is 8.26. The van der Waals surface area contributed by atoms with Crippen LogP contribution in [0.3, 0.4) is 0 Å². The molecule has 8 heteroatoms. The highest BCUT2D eigenvalue weighted by atomic mass is 35.5. The molecule has 138 valence electrons. The van der Waals surface area contributed by atoms with Crippen LogP contribution in [0.1, 0.15) is 29.0 Å². The Bertz CT molecular complexity index is 847. The van der Waals surface area contributed by atoms with Crippen molar-refractivity contribution in [3.05, 3.63) is 52.6 Å². The number of thiazole rings is 1. The van der Waals surface area contributed by atoms with Gasteiger partial charge >= 0.3 is 0 Å². The molecule has 1 N–H and O–H groups in total. The first-order chi connectivity index (χ1) is 12.2. The van der Waals surface area contributed by atoms with Crippen molar-refractivity contribution in [1.29, 1.82) is 0 Å². The fraction of sp³-hybridized carbons (Fsp3) is 0.389. The minimum Gasteiger partial charge on any atom is -0.339 e. The van der Waals surface area contributed by atoms with Gasteiger partial charge in [0.05, 0.1) is 18.2 Å². The molecule has 1 aliphatic heterocycles. The fourth-order valence-corrected chi connectivity index (χ4v) is 3.77. The van der Waals surface area contributed by atoms with Gasteiger partial charge in [-0.3, -0.25) is 4.90 Å². The van der Waals surface area contributed by atoms with Gasteiger partial charge in [-0.2, -0.15) is 4.98 Å². The summed E-state index contributed by atoms with van der Waals surface area (Å²) in [7, 11) is 2.09. The summed E-state index contributed by atoms with van der Waals surface area (Å²) in [5.74, 6) is 1.37. The monoisotopic (exact) mass is 391 g/mol. The number of piperazine rings is 1. The third-order valence-corrected chi connectivity index (χ3v) is 5.42. The zero-order chi connectivity index (χ0) is 17.2. The van der Waals surface area contributed by atoms with Crippen LogP contribution in [0, 0.1) is 6.92 Å². The summed E-state index contributed by atoms with van der Waals surface area (Å²) in [6.07, 6.45) is 0.569. The summed E-state index contributed by atoms with van der Waals surface area (Å²) in [5.41, 5.74) is 3.36. The Balaban J connectivity index is 0.00000196. The molecule has 4 rings (SSSR count). The lowest BCUT2D eigenvalue weighted by molar-refractivity contribution is 0.190. The number of aryl methyl sites for hydroxylation is 1. The number of aromatic nitrogens is 3. The van der Waals surface area contributed by atoms with E-state index in [9.17, 15) is 0 Å². The largest absolute Gasteiger partial charge is 0.339 e. The molecule has 0 spiro atoms. The van der Waals surface area contributed by atoms with Crippen molar-refractivity contribution < 1.29 is 4.52 Å². The molecule has 0 aliphatic carbocycles. The number of likely N-dealkylation sites (N-methyl/N-ethyl adjacent to an activating group) is 1. The number of nitrogens with zero attached hydrogens (tertiary/aromatic N) is 4. The number of hydrogen-bond acceptors (Lipinski definition) is 7. The Labute approximate surface area is 163 Å². The molecule has 1 saturated heterocycles. The van der Waals surface area contributed by atoms with Gasteiger partial charge in [0.25, 0.3) is 0 Å². The van der Waals surface area contributed by atoms with Gasteiger partial charge in [0.15, 0.2) is 5.82 Å². The van der Waals surface area contributed by atoms with Gasteiger partial charge in [0.1, 0.15) is 5.01 Å². The third-order valence-electron chi connectivity index (χ3n) is 4.48. The van der Waals surface area contributed by atoms with E-state index >= 15 is 0 Å². The number of halogens is 1. The lowest BCUT2D eigenvalue weighted by Crippen LogP contribution is -2.44. The highest BCUT2D eigenvalue weighted by Crippen LogP contribution is 2.25. The Morgan fingerprint density at radius 2 is 2.08 bits per heavy atom. The summed E-state index contributed by atoms with van der Waals surface area (Å²) < 4.78 is 5.45. The van der Waals surface area contributed by atoms with E-state index in [0.717, 1.165) is 41.7 Å². The highest BCUT2D eigenvalue weighted by molar-refractivity contribution is 7.13. The molecule has 1 fully saturated rings. The molecule has 1 aromatic carbocycles. The normalized spacial score (nSPS) is 17.8. The number of benzene rings is 1. The van der Waals surface area contributed by atoms with Crippen molar-refractivity contribution in [3.63, 3.8) is 0 Å². The van der Waals surface area contributed by atoms with E-state index in [1.165, 1.54) is 5.56 Å². The second-order valence-electron chi connectivity index (χ2n) is 6.43. The zero-order valence-corrected chi connectivity index (χ0v) is 16.4. The van der Waals surface area contributed by atoms with Crippen LogP contribution in [-0.4, -0.2) is 46.7 Å². The molecular weight excluding hydrogens is 370 g/mol. The van der Waals surface area contributed by atoms with E-state index in [0.29, 0.717) is 12.3 Å². The molecular formula is C18H22ClN5OS. The average molecular weight is 392 g/mol. The van der Waals surface area contributed by atoms with E-state index < -0.39 is 0 Å². The molecule has 6 nitrogen and oxygen atoms in total. The van der Waals surface area contributed by atoms with Gasteiger partial charge in [-0.15, -0.1) is 23.7 Å². The molecule has 1 unspecified atom stereocenters. The Hall–Kier alpha value is -1.80. The zero-order valence-electron chi connectivity index (χ0n) is 14.8. The highest BCUT2D eigenvalue weighted by Gasteiger charge is 2.25. The van der Waals surface area contributed by atoms with Crippen molar-refractivity contribution in [2.24, 2.45) is 0 Å². The van der Waals surface area contributed by atoms with Crippen LogP contribution in [0.5, 0.6) is 0 Å². The molecule has 3 heterocycles. The van der Waals surface area contributed by atoms with Gasteiger partial charge in [-0.1, -0.05) is 35.0 Å². The predicted molar refractivity (Wildman–Crippen MR) is 105 cm³/mol. The molecule has 0 amide bonds. The van der Waals surface area contributed by atoms with Crippen LogP contribution >= 0.6 is 23.7 Å². The predicted octanol–water partition coefficient (Wildman–Crippen LogP) is 3.09. The van der Waals surface area contributed by atoms with Crippen LogP contribution in [0.25, 0.3) is 10.6 Å². The van der Waals surface area contributed by atoms with Crippen LogP contribution in [0.4, 0.5) is 0 Å². The molecule has 26 heavy (non-hydrogen) atoms. The van der Waals surface area contributed by atoms with Crippen molar-refractivity contribution in [2.75, 3.05) is 26.7 Å². The van der Waals surface area contributed by atoms with Crippen molar-refractivity contribution in [2.45, 2.75) is 19.4 Å². The summed E-state index contributed by atoms with van der Waals surface area (Å²) in [5, 5.41) is 10.6. The van der Waals surface area contributed by atoms with Crippen LogP contribution < -0.4 is 5.32 Å². The quantitative estimate of drug-likeness (QED) is 0.737. The minimum absolute atomic E-state index is 0. The Morgan fingerprint density at radius 3 is 2.85 bits per heavy atom. The molecule has 1 aliphatic rings. The van der Waals surface area contributed by atoms with Crippen molar-refractivity contribution in [3.8, 4) is 10.6 Å². The lowest BCUT2D eigenvalue weighted by atomic mass is 10.2. The maximum atomic E-state index is 5.45. The molecule has 0 bridgehead atoms. The van der Waals surface area contributed by atoms with Crippen molar-refractivity contribution >= 4 is 23.7 Å². The summed E-state index contributed by atoms with van der Waals surface area (Å²) in [4.78, 5) is 11.5. The molecule has 0 saturated carbocycles. The summed E-state index contributed by atoms with van der Waals surface area (Å²) in [6, 6.07) is 8.60.